The standard InChI is InChI=1S/C29H30ClF4N3O2/c30-23-14-15-25(35-20-23)28(19-21-10-5-4-6-11-21,36-27(38)37-16-7-2-1-3-8-17-37)22-12-9-13-24(18-22)39-29(33,34)26(31)32/h4-6,9-15,18,20,26H,1-3,7-8,16-17,19H2,(H,36,38). The van der Waals surface area contributed by atoms with Gasteiger partial charge in [-0.2, -0.15) is 17.6 Å². The molecule has 0 saturated carbocycles. The minimum absolute atomic E-state index is 0.191. The van der Waals surface area contributed by atoms with Gasteiger partial charge >= 0.3 is 18.6 Å². The van der Waals surface area contributed by atoms with Gasteiger partial charge in [-0.05, 0) is 48.2 Å². The number of hydrogen-bond acceptors (Lipinski definition) is 3. The van der Waals surface area contributed by atoms with Gasteiger partial charge in [0.15, 0.2) is 0 Å². The van der Waals surface area contributed by atoms with Gasteiger partial charge < -0.3 is 15.0 Å². The van der Waals surface area contributed by atoms with Crippen molar-refractivity contribution in [2.24, 2.45) is 0 Å². The van der Waals surface area contributed by atoms with E-state index in [4.69, 9.17) is 11.6 Å². The molecule has 4 rings (SSSR count). The molecule has 0 radical (unpaired) electrons. The van der Waals surface area contributed by atoms with Gasteiger partial charge in [-0.15, -0.1) is 0 Å². The molecule has 1 atom stereocenters. The average Bonchev–Trinajstić information content (AvgIpc) is 2.89. The first-order valence-electron chi connectivity index (χ1n) is 12.9. The first-order valence-corrected chi connectivity index (χ1v) is 13.3. The smallest absolute Gasteiger partial charge is 0.428 e. The minimum Gasteiger partial charge on any atom is -0.428 e. The maximum atomic E-state index is 13.8. The van der Waals surface area contributed by atoms with Crippen LogP contribution in [-0.4, -0.2) is 41.5 Å². The molecule has 10 heteroatoms. The van der Waals surface area contributed by atoms with Gasteiger partial charge in [0.1, 0.15) is 11.3 Å². The largest absolute Gasteiger partial charge is 0.461 e. The molecule has 5 nitrogen and oxygen atoms in total. The van der Waals surface area contributed by atoms with Gasteiger partial charge in [-0.25, -0.2) is 4.79 Å². The lowest BCUT2D eigenvalue weighted by atomic mass is 9.80. The van der Waals surface area contributed by atoms with E-state index >= 15 is 0 Å². The number of ether oxygens (including phenoxy) is 1. The fourth-order valence-corrected chi connectivity index (χ4v) is 4.90. The molecule has 1 unspecified atom stereocenters. The molecule has 3 aromatic rings. The van der Waals surface area contributed by atoms with Crippen LogP contribution in [0.3, 0.4) is 0 Å². The highest BCUT2D eigenvalue weighted by Crippen LogP contribution is 2.37. The number of amides is 2. The molecule has 2 aromatic carbocycles. The van der Waals surface area contributed by atoms with Crippen molar-refractivity contribution in [2.45, 2.75) is 56.6 Å². The number of nitrogens with zero attached hydrogens (tertiary/aromatic N) is 2. The molecule has 1 fully saturated rings. The highest BCUT2D eigenvalue weighted by atomic mass is 35.5. The van der Waals surface area contributed by atoms with Crippen LogP contribution in [0.25, 0.3) is 0 Å². The number of likely N-dealkylation sites (tertiary alicyclic amines) is 1. The lowest BCUT2D eigenvalue weighted by Crippen LogP contribution is -2.54. The van der Waals surface area contributed by atoms with Crippen molar-refractivity contribution < 1.29 is 27.1 Å². The molecule has 1 N–H and O–H groups in total. The minimum atomic E-state index is -4.69. The highest BCUT2D eigenvalue weighted by Gasteiger charge is 2.45. The predicted molar refractivity (Wildman–Crippen MR) is 141 cm³/mol. The summed E-state index contributed by atoms with van der Waals surface area (Å²) in [5, 5.41) is 3.52. The number of rotatable bonds is 8. The Kier molecular flexibility index (Phi) is 9.32. The van der Waals surface area contributed by atoms with Gasteiger partial charge in [0, 0.05) is 25.7 Å². The predicted octanol–water partition coefficient (Wildman–Crippen LogP) is 7.43. The molecule has 1 aliphatic rings. The number of hydrogen-bond donors (Lipinski definition) is 1. The highest BCUT2D eigenvalue weighted by molar-refractivity contribution is 6.30. The zero-order valence-corrected chi connectivity index (χ0v) is 22.0. The SMILES string of the molecule is O=C(NC(Cc1ccccc1)(c1cccc(OC(F)(F)C(F)F)c1)c1ccc(Cl)cn1)N1CCCCCCC1. The average molecular weight is 564 g/mol. The van der Waals surface area contributed by atoms with Gasteiger partial charge in [-0.3, -0.25) is 4.98 Å². The molecule has 0 aliphatic carbocycles. The Morgan fingerprint density at radius 2 is 1.67 bits per heavy atom. The van der Waals surface area contributed by atoms with E-state index in [-0.39, 0.29) is 12.5 Å². The third-order valence-corrected chi connectivity index (χ3v) is 7.00. The van der Waals surface area contributed by atoms with E-state index in [0.717, 1.165) is 37.7 Å². The van der Waals surface area contributed by atoms with E-state index in [0.29, 0.717) is 29.4 Å². The molecule has 1 aromatic heterocycles. The maximum absolute atomic E-state index is 13.8. The molecule has 2 heterocycles. The number of carbonyl (C=O) groups excluding carboxylic acids is 1. The summed E-state index contributed by atoms with van der Waals surface area (Å²) in [5.41, 5.74) is 0.190. The van der Waals surface area contributed by atoms with Crippen LogP contribution in [-0.2, 0) is 12.0 Å². The fraction of sp³-hybridized carbons (Fsp3) is 0.379. The number of urea groups is 1. The van der Waals surface area contributed by atoms with Crippen LogP contribution in [0.4, 0.5) is 22.4 Å². The summed E-state index contributed by atoms with van der Waals surface area (Å²) < 4.78 is 57.9. The summed E-state index contributed by atoms with van der Waals surface area (Å²) in [6, 6.07) is 17.7. The topological polar surface area (TPSA) is 54.5 Å². The molecule has 39 heavy (non-hydrogen) atoms. The molecule has 208 valence electrons. The van der Waals surface area contributed by atoms with Gasteiger partial charge in [-0.1, -0.05) is 73.3 Å². The number of benzene rings is 2. The monoisotopic (exact) mass is 563 g/mol. The van der Waals surface area contributed by atoms with Crippen molar-refractivity contribution in [3.8, 4) is 5.75 Å². The Morgan fingerprint density at radius 1 is 0.974 bits per heavy atom. The third kappa shape index (κ3) is 7.20. The zero-order valence-electron chi connectivity index (χ0n) is 21.3. The molecule has 1 saturated heterocycles. The second kappa shape index (κ2) is 12.7. The summed E-state index contributed by atoms with van der Waals surface area (Å²) in [4.78, 5) is 20.1. The van der Waals surface area contributed by atoms with Crippen LogP contribution in [0.5, 0.6) is 5.75 Å². The first kappa shape index (κ1) is 28.7. The van der Waals surface area contributed by atoms with Crippen molar-refractivity contribution in [3.63, 3.8) is 0 Å². The number of aromatic nitrogens is 1. The quantitative estimate of drug-likeness (QED) is 0.290. The Bertz CT molecular complexity index is 1220. The van der Waals surface area contributed by atoms with Crippen LogP contribution in [0.15, 0.2) is 72.9 Å². The number of halogens is 5. The lowest BCUT2D eigenvalue weighted by molar-refractivity contribution is -0.253. The number of pyridine rings is 1. The molecule has 0 spiro atoms. The van der Waals surface area contributed by atoms with Crippen molar-refractivity contribution in [2.75, 3.05) is 13.1 Å². The lowest BCUT2D eigenvalue weighted by Gasteiger charge is -2.38. The van der Waals surface area contributed by atoms with Crippen molar-refractivity contribution in [3.05, 3.63) is 94.8 Å². The zero-order chi connectivity index (χ0) is 27.9. The van der Waals surface area contributed by atoms with Crippen LogP contribution >= 0.6 is 11.6 Å². The van der Waals surface area contributed by atoms with Crippen molar-refractivity contribution in [1.82, 2.24) is 15.2 Å². The van der Waals surface area contributed by atoms with E-state index in [9.17, 15) is 22.4 Å². The number of alkyl halides is 4. The van der Waals surface area contributed by atoms with Crippen LogP contribution in [0.2, 0.25) is 5.02 Å². The van der Waals surface area contributed by atoms with E-state index in [1.165, 1.54) is 24.4 Å². The summed E-state index contributed by atoms with van der Waals surface area (Å²) in [6.07, 6.45) is -2.18. The molecular formula is C29H30ClF4N3O2. The summed E-state index contributed by atoms with van der Waals surface area (Å²) in [7, 11) is 0. The second-order valence-electron chi connectivity index (χ2n) is 9.61. The Labute approximate surface area is 230 Å². The van der Waals surface area contributed by atoms with Crippen LogP contribution in [0.1, 0.15) is 48.9 Å². The Hall–Kier alpha value is -3.33. The summed E-state index contributed by atoms with van der Waals surface area (Å²) in [5.74, 6) is -0.468. The molecular weight excluding hydrogens is 534 g/mol. The Balaban J connectivity index is 1.83. The maximum Gasteiger partial charge on any atom is 0.461 e. The van der Waals surface area contributed by atoms with Crippen molar-refractivity contribution >= 4 is 17.6 Å². The summed E-state index contributed by atoms with van der Waals surface area (Å²) in [6.45, 7) is 1.15. The van der Waals surface area contributed by atoms with Gasteiger partial charge in [0.05, 0.1) is 10.7 Å². The Morgan fingerprint density at radius 3 is 2.31 bits per heavy atom. The van der Waals surface area contributed by atoms with Crippen molar-refractivity contribution in [1.29, 1.82) is 0 Å². The van der Waals surface area contributed by atoms with E-state index in [1.54, 1.807) is 23.1 Å². The fourth-order valence-electron chi connectivity index (χ4n) is 4.79. The molecule has 1 aliphatic heterocycles. The number of carbonyl (C=O) groups is 1. The third-order valence-electron chi connectivity index (χ3n) is 6.78. The van der Waals surface area contributed by atoms with Crippen LogP contribution in [0, 0.1) is 0 Å². The van der Waals surface area contributed by atoms with E-state index in [2.05, 4.69) is 15.0 Å². The van der Waals surface area contributed by atoms with E-state index < -0.39 is 23.8 Å². The van der Waals surface area contributed by atoms with Gasteiger partial charge in [0.25, 0.3) is 0 Å². The van der Waals surface area contributed by atoms with Crippen LogP contribution < -0.4 is 10.1 Å². The van der Waals surface area contributed by atoms with E-state index in [1.807, 2.05) is 30.3 Å². The molecule has 2 amide bonds. The number of nitrogens with one attached hydrogen (secondary N) is 1. The first-order chi connectivity index (χ1) is 18.7. The normalized spacial score (nSPS) is 16.2. The van der Waals surface area contributed by atoms with Gasteiger partial charge in [0.2, 0.25) is 0 Å². The summed E-state index contributed by atoms with van der Waals surface area (Å²) >= 11 is 6.12. The second-order valence-corrected chi connectivity index (χ2v) is 10.0. The molecule has 0 bridgehead atoms.